The normalized spacial score (nSPS) is 20.8. The SMILES string of the molecule is CN(C)C[C@H]1CN(c2ccc(-c3ccc(N4C[C@@H](CN)OC4=O)cc3F)c(F)c2)C(=O)O1. The van der Waals surface area contributed by atoms with Crippen LogP contribution >= 0.6 is 0 Å². The Morgan fingerprint density at radius 3 is 1.78 bits per heavy atom. The molecule has 2 amide bonds. The molecule has 8 nitrogen and oxygen atoms in total. The van der Waals surface area contributed by atoms with Gasteiger partial charge >= 0.3 is 12.2 Å². The Labute approximate surface area is 184 Å². The molecule has 2 N–H and O–H groups in total. The highest BCUT2D eigenvalue weighted by atomic mass is 19.1. The Morgan fingerprint density at radius 2 is 1.38 bits per heavy atom. The molecule has 2 fully saturated rings. The summed E-state index contributed by atoms with van der Waals surface area (Å²) >= 11 is 0. The van der Waals surface area contributed by atoms with Crippen molar-refractivity contribution in [3.8, 4) is 11.1 Å². The molecular weight excluding hydrogens is 422 g/mol. The lowest BCUT2D eigenvalue weighted by Gasteiger charge is -2.17. The van der Waals surface area contributed by atoms with Crippen LogP contribution in [0.15, 0.2) is 36.4 Å². The van der Waals surface area contributed by atoms with Gasteiger partial charge in [-0.25, -0.2) is 18.4 Å². The standard InChI is InChI=1S/C22H24F2N4O4/c1-26(2)10-16-12-28(22(30)32-16)14-4-6-18(20(24)8-14)17-5-3-13(7-19(17)23)27-11-15(9-25)31-21(27)29/h3-8,15-16H,9-12,25H2,1-2H3/t15-,16+/m1/s1. The minimum Gasteiger partial charge on any atom is -0.443 e. The zero-order valence-corrected chi connectivity index (χ0v) is 17.8. The summed E-state index contributed by atoms with van der Waals surface area (Å²) in [5.41, 5.74) is 6.24. The Balaban J connectivity index is 1.55. The quantitative estimate of drug-likeness (QED) is 0.734. The lowest BCUT2D eigenvalue weighted by atomic mass is 10.0. The number of amides is 2. The Morgan fingerprint density at radius 1 is 0.906 bits per heavy atom. The first kappa shape index (κ1) is 22.0. The van der Waals surface area contributed by atoms with E-state index in [0.717, 1.165) is 6.07 Å². The molecule has 2 aliphatic heterocycles. The number of ether oxygens (including phenoxy) is 2. The fourth-order valence-corrected chi connectivity index (χ4v) is 3.87. The van der Waals surface area contributed by atoms with E-state index in [1.807, 2.05) is 19.0 Å². The largest absolute Gasteiger partial charge is 0.443 e. The molecule has 0 unspecified atom stereocenters. The molecule has 2 aliphatic rings. The molecule has 0 radical (unpaired) electrons. The summed E-state index contributed by atoms with van der Waals surface area (Å²) in [6, 6.07) is 8.25. The maximum atomic E-state index is 14.9. The van der Waals surface area contributed by atoms with Crippen molar-refractivity contribution in [2.75, 3.05) is 50.1 Å². The molecule has 2 heterocycles. The average molecular weight is 446 g/mol. The zero-order valence-electron chi connectivity index (χ0n) is 17.8. The third kappa shape index (κ3) is 4.23. The number of benzene rings is 2. The van der Waals surface area contributed by atoms with E-state index < -0.39 is 29.9 Å². The molecule has 2 saturated heterocycles. The van der Waals surface area contributed by atoms with Gasteiger partial charge in [0.15, 0.2) is 0 Å². The van der Waals surface area contributed by atoms with Crippen molar-refractivity contribution in [3.63, 3.8) is 0 Å². The maximum Gasteiger partial charge on any atom is 0.414 e. The number of nitrogens with two attached hydrogens (primary N) is 1. The highest BCUT2D eigenvalue weighted by Gasteiger charge is 2.34. The maximum absolute atomic E-state index is 14.9. The van der Waals surface area contributed by atoms with E-state index in [9.17, 15) is 18.4 Å². The van der Waals surface area contributed by atoms with Crippen molar-refractivity contribution in [1.29, 1.82) is 0 Å². The summed E-state index contributed by atoms with van der Waals surface area (Å²) in [6.07, 6.45) is -1.92. The van der Waals surface area contributed by atoms with Crippen LogP contribution in [0, 0.1) is 11.6 Å². The number of rotatable bonds is 6. The predicted molar refractivity (Wildman–Crippen MR) is 115 cm³/mol. The van der Waals surface area contributed by atoms with E-state index in [2.05, 4.69) is 0 Å². The van der Waals surface area contributed by atoms with Crippen molar-refractivity contribution >= 4 is 23.6 Å². The molecule has 0 aromatic heterocycles. The van der Waals surface area contributed by atoms with Gasteiger partial charge in [-0.2, -0.15) is 0 Å². The first-order valence-corrected chi connectivity index (χ1v) is 10.2. The molecule has 0 bridgehead atoms. The summed E-state index contributed by atoms with van der Waals surface area (Å²) in [5, 5.41) is 0. The molecule has 4 rings (SSSR count). The second-order valence-electron chi connectivity index (χ2n) is 8.06. The van der Waals surface area contributed by atoms with Crippen LogP contribution in [0.3, 0.4) is 0 Å². The van der Waals surface area contributed by atoms with Gasteiger partial charge in [0.25, 0.3) is 0 Å². The number of carbonyl (C=O) groups excluding carboxylic acids is 2. The number of hydrogen-bond acceptors (Lipinski definition) is 6. The molecule has 170 valence electrons. The van der Waals surface area contributed by atoms with Gasteiger partial charge in [-0.3, -0.25) is 9.80 Å². The molecular formula is C22H24F2N4O4. The van der Waals surface area contributed by atoms with Gasteiger partial charge in [0.05, 0.1) is 24.5 Å². The van der Waals surface area contributed by atoms with Crippen LogP contribution in [0.4, 0.5) is 29.7 Å². The fraction of sp³-hybridized carbons (Fsp3) is 0.364. The van der Waals surface area contributed by atoms with E-state index >= 15 is 0 Å². The van der Waals surface area contributed by atoms with Gasteiger partial charge in [0.2, 0.25) is 0 Å². The molecule has 0 spiro atoms. The highest BCUT2D eigenvalue weighted by molar-refractivity contribution is 5.91. The lowest BCUT2D eigenvalue weighted by molar-refractivity contribution is 0.123. The van der Waals surface area contributed by atoms with Crippen LogP contribution in [0.2, 0.25) is 0 Å². The Bertz CT molecular complexity index is 1050. The van der Waals surface area contributed by atoms with Crippen LogP contribution in [-0.4, -0.2) is 69.6 Å². The van der Waals surface area contributed by atoms with Crippen LogP contribution in [-0.2, 0) is 9.47 Å². The second kappa shape index (κ2) is 8.71. The van der Waals surface area contributed by atoms with Gasteiger partial charge < -0.3 is 20.1 Å². The van der Waals surface area contributed by atoms with Gasteiger partial charge in [-0.05, 0) is 50.5 Å². The highest BCUT2D eigenvalue weighted by Crippen LogP contribution is 2.33. The minimum absolute atomic E-state index is 0.0372. The van der Waals surface area contributed by atoms with Crippen LogP contribution in [0.1, 0.15) is 0 Å². The second-order valence-corrected chi connectivity index (χ2v) is 8.06. The van der Waals surface area contributed by atoms with Gasteiger partial charge in [-0.15, -0.1) is 0 Å². The summed E-state index contributed by atoms with van der Waals surface area (Å²) < 4.78 is 40.2. The third-order valence-corrected chi connectivity index (χ3v) is 5.40. The monoisotopic (exact) mass is 446 g/mol. The number of carbonyl (C=O) groups is 2. The van der Waals surface area contributed by atoms with E-state index in [1.54, 1.807) is 6.07 Å². The third-order valence-electron chi connectivity index (χ3n) is 5.40. The van der Waals surface area contributed by atoms with Crippen LogP contribution < -0.4 is 15.5 Å². The van der Waals surface area contributed by atoms with Crippen molar-refractivity contribution in [3.05, 3.63) is 48.0 Å². The Hall–Kier alpha value is -3.24. The first-order valence-electron chi connectivity index (χ1n) is 10.2. The van der Waals surface area contributed by atoms with Crippen molar-refractivity contribution in [2.24, 2.45) is 5.73 Å². The summed E-state index contributed by atoms with van der Waals surface area (Å²) in [6.45, 7) is 1.24. The molecule has 2 atom stereocenters. The van der Waals surface area contributed by atoms with E-state index in [4.69, 9.17) is 15.2 Å². The van der Waals surface area contributed by atoms with Crippen molar-refractivity contribution in [1.82, 2.24) is 4.90 Å². The molecule has 10 heteroatoms. The van der Waals surface area contributed by atoms with Crippen molar-refractivity contribution < 1.29 is 27.8 Å². The van der Waals surface area contributed by atoms with E-state index in [-0.39, 0.29) is 30.3 Å². The van der Waals surface area contributed by atoms with E-state index in [0.29, 0.717) is 24.5 Å². The topological polar surface area (TPSA) is 88.3 Å². The average Bonchev–Trinajstić information content (AvgIpc) is 3.29. The molecule has 2 aromatic carbocycles. The van der Waals surface area contributed by atoms with Gasteiger partial charge in [0.1, 0.15) is 23.8 Å². The molecule has 0 aliphatic carbocycles. The number of nitrogens with zero attached hydrogens (tertiary/aromatic N) is 3. The summed E-state index contributed by atoms with van der Waals surface area (Å²) in [4.78, 5) is 28.7. The van der Waals surface area contributed by atoms with Crippen molar-refractivity contribution in [2.45, 2.75) is 12.2 Å². The van der Waals surface area contributed by atoms with Gasteiger partial charge in [0, 0.05) is 24.2 Å². The zero-order chi connectivity index (χ0) is 23.0. The lowest BCUT2D eigenvalue weighted by Crippen LogP contribution is -2.30. The minimum atomic E-state index is -0.690. The first-order chi connectivity index (χ1) is 15.3. The number of cyclic esters (lactones) is 2. The molecule has 0 saturated carbocycles. The molecule has 32 heavy (non-hydrogen) atoms. The number of hydrogen-bond donors (Lipinski definition) is 1. The number of anilines is 2. The predicted octanol–water partition coefficient (Wildman–Crippen LogP) is 2.80. The van der Waals surface area contributed by atoms with Gasteiger partial charge in [-0.1, -0.05) is 0 Å². The number of halogens is 2. The smallest absolute Gasteiger partial charge is 0.414 e. The van der Waals surface area contributed by atoms with Crippen LogP contribution in [0.5, 0.6) is 0 Å². The summed E-state index contributed by atoms with van der Waals surface area (Å²) in [5.74, 6) is -1.37. The van der Waals surface area contributed by atoms with E-state index in [1.165, 1.54) is 34.1 Å². The Kier molecular flexibility index (Phi) is 5.98. The fourth-order valence-electron chi connectivity index (χ4n) is 3.87. The number of likely N-dealkylation sites (N-methyl/N-ethyl adjacent to an activating group) is 1. The molecule has 2 aromatic rings. The summed E-state index contributed by atoms with van der Waals surface area (Å²) in [7, 11) is 3.74. The van der Waals surface area contributed by atoms with Crippen LogP contribution in [0.25, 0.3) is 11.1 Å².